The standard InChI is InChI=1S/C23H26N2O4/c1-25-7-6-23-12-19-14(8-16(21(26)24-19)22(27)29-3)9-18(23)20(25)10-13-4-5-15(28-2)11-17(13)23/h4-5,8,11,18,20H,6-7,9-10,12H2,1-3H3,(H,24,26)/t18-,20+,23+/m0/s1. The van der Waals surface area contributed by atoms with E-state index in [2.05, 4.69) is 29.1 Å². The highest BCUT2D eigenvalue weighted by Gasteiger charge is 2.54. The number of H-pyrrole nitrogens is 1. The van der Waals surface area contributed by atoms with Crippen LogP contribution in [0.1, 0.15) is 39.2 Å². The number of aromatic amines is 1. The van der Waals surface area contributed by atoms with Crippen molar-refractivity contribution in [3.8, 4) is 5.75 Å². The minimum Gasteiger partial charge on any atom is -0.497 e. The SMILES string of the molecule is COC(=O)c1cc2c([nH]c1=O)C[C@]13CCN(C)[C@H](Cc4ccc(OC)cc41)[C@@H]3C2. The average molecular weight is 394 g/mol. The van der Waals surface area contributed by atoms with Crippen LogP contribution in [-0.4, -0.2) is 49.7 Å². The summed E-state index contributed by atoms with van der Waals surface area (Å²) in [6.45, 7) is 1.04. The van der Waals surface area contributed by atoms with Crippen molar-refractivity contribution in [2.45, 2.75) is 37.1 Å². The van der Waals surface area contributed by atoms with E-state index in [1.165, 1.54) is 18.2 Å². The molecule has 0 unspecified atom stereocenters. The Morgan fingerprint density at radius 2 is 2.03 bits per heavy atom. The van der Waals surface area contributed by atoms with Crippen LogP contribution in [0.15, 0.2) is 29.1 Å². The highest BCUT2D eigenvalue weighted by molar-refractivity contribution is 5.89. The number of fused-ring (bicyclic) bond motifs is 2. The number of hydrogen-bond acceptors (Lipinski definition) is 5. The summed E-state index contributed by atoms with van der Waals surface area (Å²) in [6.07, 6.45) is 3.70. The van der Waals surface area contributed by atoms with Gasteiger partial charge in [-0.1, -0.05) is 6.07 Å². The van der Waals surface area contributed by atoms with Crippen molar-refractivity contribution in [3.05, 3.63) is 62.6 Å². The lowest BCUT2D eigenvalue weighted by Gasteiger charge is -2.58. The van der Waals surface area contributed by atoms with E-state index in [0.717, 1.165) is 49.2 Å². The number of esters is 1. The van der Waals surface area contributed by atoms with Gasteiger partial charge in [-0.15, -0.1) is 0 Å². The van der Waals surface area contributed by atoms with Crippen LogP contribution in [0.3, 0.4) is 0 Å². The molecule has 3 aliphatic rings. The van der Waals surface area contributed by atoms with Gasteiger partial charge in [-0.3, -0.25) is 4.79 Å². The van der Waals surface area contributed by atoms with Gasteiger partial charge in [0.05, 0.1) is 14.2 Å². The zero-order chi connectivity index (χ0) is 20.3. The number of pyridine rings is 1. The molecule has 1 aliphatic heterocycles. The number of carbonyl (C=O) groups is 1. The fourth-order valence-corrected chi connectivity index (χ4v) is 6.00. The molecule has 6 heteroatoms. The maximum atomic E-state index is 12.5. The number of hydrogen-bond donors (Lipinski definition) is 1. The molecule has 2 aliphatic carbocycles. The third-order valence-electron chi connectivity index (χ3n) is 7.49. The molecule has 5 rings (SSSR count). The van der Waals surface area contributed by atoms with Gasteiger partial charge in [-0.05, 0) is 80.1 Å². The molecule has 2 bridgehead atoms. The minimum atomic E-state index is -0.578. The van der Waals surface area contributed by atoms with E-state index in [1.54, 1.807) is 13.2 Å². The molecule has 0 radical (unpaired) electrons. The van der Waals surface area contributed by atoms with Gasteiger partial charge in [0, 0.05) is 17.2 Å². The molecule has 152 valence electrons. The van der Waals surface area contributed by atoms with Crippen molar-refractivity contribution >= 4 is 5.97 Å². The Morgan fingerprint density at radius 1 is 1.21 bits per heavy atom. The second kappa shape index (κ2) is 6.46. The summed E-state index contributed by atoms with van der Waals surface area (Å²) in [7, 11) is 5.23. The number of methoxy groups -OCH3 is 2. The fraction of sp³-hybridized carbons (Fsp3) is 0.478. The Morgan fingerprint density at radius 3 is 2.79 bits per heavy atom. The molecule has 6 nitrogen and oxygen atoms in total. The van der Waals surface area contributed by atoms with E-state index in [4.69, 9.17) is 9.47 Å². The highest BCUT2D eigenvalue weighted by atomic mass is 16.5. The number of piperidine rings is 1. The maximum absolute atomic E-state index is 12.5. The summed E-state index contributed by atoms with van der Waals surface area (Å²) >= 11 is 0. The van der Waals surface area contributed by atoms with Gasteiger partial charge < -0.3 is 19.4 Å². The summed E-state index contributed by atoms with van der Waals surface area (Å²) in [4.78, 5) is 30.0. The zero-order valence-corrected chi connectivity index (χ0v) is 17.1. The Bertz CT molecular complexity index is 1060. The number of benzene rings is 1. The van der Waals surface area contributed by atoms with E-state index in [-0.39, 0.29) is 16.5 Å². The number of ether oxygens (including phenoxy) is 2. The van der Waals surface area contributed by atoms with E-state index in [1.807, 2.05) is 6.07 Å². The number of likely N-dealkylation sites (tertiary alicyclic amines) is 1. The van der Waals surface area contributed by atoms with Crippen molar-refractivity contribution in [1.82, 2.24) is 9.88 Å². The molecule has 2 heterocycles. The smallest absolute Gasteiger partial charge is 0.343 e. The predicted octanol–water partition coefficient (Wildman–Crippen LogP) is 2.08. The molecular formula is C23H26N2O4. The first-order valence-corrected chi connectivity index (χ1v) is 10.2. The third kappa shape index (κ3) is 2.58. The average Bonchev–Trinajstić information content (AvgIpc) is 2.73. The quantitative estimate of drug-likeness (QED) is 0.790. The van der Waals surface area contributed by atoms with E-state index >= 15 is 0 Å². The van der Waals surface area contributed by atoms with Gasteiger partial charge in [0.25, 0.3) is 5.56 Å². The van der Waals surface area contributed by atoms with Crippen LogP contribution in [0, 0.1) is 5.92 Å². The summed E-state index contributed by atoms with van der Waals surface area (Å²) in [5.74, 6) is 0.740. The molecule has 3 atom stereocenters. The monoisotopic (exact) mass is 394 g/mol. The lowest BCUT2D eigenvalue weighted by atomic mass is 9.52. The Labute approximate surface area is 169 Å². The molecule has 0 spiro atoms. The molecule has 1 aromatic heterocycles. The maximum Gasteiger partial charge on any atom is 0.343 e. The molecule has 29 heavy (non-hydrogen) atoms. The van der Waals surface area contributed by atoms with Crippen molar-refractivity contribution in [2.24, 2.45) is 5.92 Å². The normalized spacial score (nSPS) is 27.4. The van der Waals surface area contributed by atoms with Gasteiger partial charge in [0.2, 0.25) is 0 Å². The zero-order valence-electron chi connectivity index (χ0n) is 17.1. The topological polar surface area (TPSA) is 71.6 Å². The molecule has 2 aromatic rings. The summed E-state index contributed by atoms with van der Waals surface area (Å²) in [6, 6.07) is 8.66. The van der Waals surface area contributed by atoms with E-state index in [0.29, 0.717) is 12.0 Å². The number of likely N-dealkylation sites (N-methyl/N-ethyl adjacent to an activating group) is 1. The summed E-state index contributed by atoms with van der Waals surface area (Å²) < 4.78 is 10.3. The lowest BCUT2D eigenvalue weighted by molar-refractivity contribution is 0.0233. The Hall–Kier alpha value is -2.60. The van der Waals surface area contributed by atoms with Crippen LogP contribution in [0.2, 0.25) is 0 Å². The lowest BCUT2D eigenvalue weighted by Crippen LogP contribution is -2.61. The molecule has 0 saturated carbocycles. The van der Waals surface area contributed by atoms with Crippen LogP contribution >= 0.6 is 0 Å². The second-order valence-electron chi connectivity index (χ2n) is 8.68. The van der Waals surface area contributed by atoms with Crippen LogP contribution in [0.4, 0.5) is 0 Å². The van der Waals surface area contributed by atoms with Gasteiger partial charge in [-0.2, -0.15) is 0 Å². The largest absolute Gasteiger partial charge is 0.497 e. The van der Waals surface area contributed by atoms with Crippen LogP contribution < -0.4 is 10.3 Å². The van der Waals surface area contributed by atoms with Gasteiger partial charge in [-0.25, -0.2) is 4.79 Å². The summed E-state index contributed by atoms with van der Waals surface area (Å²) in [5.41, 5.74) is 4.50. The second-order valence-corrected chi connectivity index (χ2v) is 8.68. The summed E-state index contributed by atoms with van der Waals surface area (Å²) in [5, 5.41) is 0. The number of rotatable bonds is 2. The van der Waals surface area contributed by atoms with Crippen LogP contribution in [0.25, 0.3) is 0 Å². The van der Waals surface area contributed by atoms with Crippen molar-refractivity contribution in [2.75, 3.05) is 27.8 Å². The fourth-order valence-electron chi connectivity index (χ4n) is 6.00. The van der Waals surface area contributed by atoms with Crippen molar-refractivity contribution in [1.29, 1.82) is 0 Å². The van der Waals surface area contributed by atoms with Crippen molar-refractivity contribution < 1.29 is 14.3 Å². The third-order valence-corrected chi connectivity index (χ3v) is 7.49. The van der Waals surface area contributed by atoms with E-state index < -0.39 is 5.97 Å². The molecular weight excluding hydrogens is 368 g/mol. The van der Waals surface area contributed by atoms with Gasteiger partial charge >= 0.3 is 5.97 Å². The van der Waals surface area contributed by atoms with E-state index in [9.17, 15) is 9.59 Å². The molecule has 1 N–H and O–H groups in total. The number of nitrogens with one attached hydrogen (secondary N) is 1. The molecule has 1 saturated heterocycles. The van der Waals surface area contributed by atoms with Crippen LogP contribution in [-0.2, 0) is 29.4 Å². The molecule has 1 fully saturated rings. The Balaban J connectivity index is 1.68. The first-order valence-electron chi connectivity index (χ1n) is 10.2. The number of nitrogens with zero attached hydrogens (tertiary/aromatic N) is 1. The first-order chi connectivity index (χ1) is 14.0. The van der Waals surface area contributed by atoms with Crippen molar-refractivity contribution in [3.63, 3.8) is 0 Å². The first kappa shape index (κ1) is 18.4. The molecule has 1 aromatic carbocycles. The minimum absolute atomic E-state index is 0.0119. The van der Waals surface area contributed by atoms with Gasteiger partial charge in [0.15, 0.2) is 0 Å². The number of carbonyl (C=O) groups excluding carboxylic acids is 1. The number of aromatic nitrogens is 1. The van der Waals surface area contributed by atoms with Gasteiger partial charge in [0.1, 0.15) is 11.3 Å². The molecule has 0 amide bonds. The van der Waals surface area contributed by atoms with Crippen LogP contribution in [0.5, 0.6) is 5.75 Å². The Kier molecular flexibility index (Phi) is 4.10. The highest BCUT2D eigenvalue weighted by Crippen LogP contribution is 2.54. The predicted molar refractivity (Wildman–Crippen MR) is 109 cm³/mol.